The molecular formula is C18H29ClRu. The van der Waals surface area contributed by atoms with Gasteiger partial charge in [-0.25, -0.2) is 0 Å². The van der Waals surface area contributed by atoms with E-state index >= 15 is 0 Å². The van der Waals surface area contributed by atoms with Crippen LogP contribution in [0.15, 0.2) is 46.6 Å². The Bertz CT molecular complexity index is 362. The quantitative estimate of drug-likeness (QED) is 0.426. The van der Waals surface area contributed by atoms with E-state index in [2.05, 4.69) is 58.9 Å². The molecule has 0 radical (unpaired) electrons. The molecule has 0 heterocycles. The molecule has 0 saturated carbocycles. The maximum Gasteiger partial charge on any atom is 0 e. The first kappa shape index (κ1) is 22.2. The summed E-state index contributed by atoms with van der Waals surface area (Å²) in [6.45, 7) is 11.2. The van der Waals surface area contributed by atoms with Crippen molar-refractivity contribution in [1.82, 2.24) is 0 Å². The SMILES string of the molecule is C1=CCCCCC=C1.CC1=C(C)C(C)C(C)=C1C.Cl.[Ru]. The second-order valence-electron chi connectivity index (χ2n) is 5.48. The van der Waals surface area contributed by atoms with Crippen LogP contribution in [0.3, 0.4) is 0 Å². The molecule has 2 aliphatic rings. The molecule has 2 aliphatic carbocycles. The zero-order chi connectivity index (χ0) is 13.5. The predicted octanol–water partition coefficient (Wildman–Crippen LogP) is 6.40. The largest absolute Gasteiger partial charge is 0.147 e. The van der Waals surface area contributed by atoms with Crippen LogP contribution in [0.5, 0.6) is 0 Å². The fourth-order valence-electron chi connectivity index (χ4n) is 2.44. The van der Waals surface area contributed by atoms with Crippen LogP contribution in [0.1, 0.15) is 60.3 Å². The fourth-order valence-corrected chi connectivity index (χ4v) is 2.44. The third-order valence-electron chi connectivity index (χ3n) is 4.42. The second-order valence-corrected chi connectivity index (χ2v) is 5.48. The van der Waals surface area contributed by atoms with E-state index in [9.17, 15) is 0 Å². The minimum absolute atomic E-state index is 0. The minimum atomic E-state index is 0. The number of hydrogen-bond donors (Lipinski definition) is 0. The van der Waals surface area contributed by atoms with Crippen LogP contribution in [-0.2, 0) is 19.5 Å². The van der Waals surface area contributed by atoms with Crippen molar-refractivity contribution in [2.75, 3.05) is 0 Å². The first-order valence-corrected chi connectivity index (χ1v) is 7.22. The Kier molecular flexibility index (Phi) is 12.8. The van der Waals surface area contributed by atoms with Gasteiger partial charge in [-0.05, 0) is 70.4 Å². The Labute approximate surface area is 144 Å². The summed E-state index contributed by atoms with van der Waals surface area (Å²) in [5.74, 6) is 0.694. The van der Waals surface area contributed by atoms with E-state index < -0.39 is 0 Å². The van der Waals surface area contributed by atoms with E-state index in [-0.39, 0.29) is 31.9 Å². The molecule has 0 amide bonds. The molecule has 0 saturated heterocycles. The maximum atomic E-state index is 2.28. The van der Waals surface area contributed by atoms with Gasteiger partial charge in [0.1, 0.15) is 0 Å². The summed E-state index contributed by atoms with van der Waals surface area (Å²) in [6, 6.07) is 0. The van der Waals surface area contributed by atoms with Crippen LogP contribution >= 0.6 is 12.4 Å². The Morgan fingerprint density at radius 3 is 1.40 bits per heavy atom. The van der Waals surface area contributed by atoms with Crippen LogP contribution in [0.4, 0.5) is 0 Å². The summed E-state index contributed by atoms with van der Waals surface area (Å²) in [6.07, 6.45) is 14.0. The molecule has 2 rings (SSSR count). The van der Waals surface area contributed by atoms with Crippen LogP contribution in [0, 0.1) is 5.92 Å². The van der Waals surface area contributed by atoms with Gasteiger partial charge in [0.25, 0.3) is 0 Å². The normalized spacial score (nSPS) is 18.6. The van der Waals surface area contributed by atoms with Gasteiger partial charge in [-0.15, -0.1) is 12.4 Å². The topological polar surface area (TPSA) is 0 Å². The van der Waals surface area contributed by atoms with Crippen molar-refractivity contribution in [1.29, 1.82) is 0 Å². The van der Waals surface area contributed by atoms with E-state index in [1.165, 1.54) is 36.8 Å². The number of allylic oxidation sites excluding steroid dienone is 8. The standard InChI is InChI=1S/C10H16.C8H12.ClH.Ru/c1-6-7(2)9(4)10(5)8(6)3;1-2-4-6-8-7-5-3-1;;/h6H,1-5H3;1-4H,5-8H2;1H;. The summed E-state index contributed by atoms with van der Waals surface area (Å²) in [7, 11) is 0. The van der Waals surface area contributed by atoms with Gasteiger partial charge in [0.2, 0.25) is 0 Å². The zero-order valence-corrected chi connectivity index (χ0v) is 16.0. The first-order valence-electron chi connectivity index (χ1n) is 7.22. The Hall–Kier alpha value is -0.127. The van der Waals surface area contributed by atoms with Crippen molar-refractivity contribution in [3.63, 3.8) is 0 Å². The molecule has 2 heteroatoms. The third-order valence-corrected chi connectivity index (χ3v) is 4.42. The monoisotopic (exact) mass is 382 g/mol. The molecule has 0 spiro atoms. The molecule has 0 aromatic rings. The van der Waals surface area contributed by atoms with Gasteiger partial charge in [-0.2, -0.15) is 0 Å². The van der Waals surface area contributed by atoms with E-state index in [0.717, 1.165) is 0 Å². The molecule has 0 aromatic heterocycles. The molecule has 0 N–H and O–H groups in total. The third kappa shape index (κ3) is 6.55. The smallest absolute Gasteiger partial charge is 0 e. The van der Waals surface area contributed by atoms with Gasteiger partial charge in [-0.1, -0.05) is 42.4 Å². The molecule has 0 aromatic carbocycles. The van der Waals surface area contributed by atoms with Crippen molar-refractivity contribution in [2.24, 2.45) is 5.92 Å². The van der Waals surface area contributed by atoms with Crippen LogP contribution in [0.25, 0.3) is 0 Å². The minimum Gasteiger partial charge on any atom is -0.147 e. The first-order chi connectivity index (χ1) is 8.55. The molecule has 0 unspecified atom stereocenters. The summed E-state index contributed by atoms with van der Waals surface area (Å²) >= 11 is 0. The van der Waals surface area contributed by atoms with Crippen molar-refractivity contribution in [3.05, 3.63) is 46.6 Å². The molecule has 0 nitrogen and oxygen atoms in total. The Balaban J connectivity index is 0. The molecular weight excluding hydrogens is 353 g/mol. The van der Waals surface area contributed by atoms with Gasteiger partial charge < -0.3 is 0 Å². The number of rotatable bonds is 0. The average Bonchev–Trinajstić information content (AvgIpc) is 2.48. The number of halogens is 1. The summed E-state index contributed by atoms with van der Waals surface area (Å²) < 4.78 is 0. The van der Waals surface area contributed by atoms with Crippen LogP contribution < -0.4 is 0 Å². The molecule has 20 heavy (non-hydrogen) atoms. The van der Waals surface area contributed by atoms with Crippen molar-refractivity contribution < 1.29 is 19.5 Å². The predicted molar refractivity (Wildman–Crippen MR) is 89.9 cm³/mol. The van der Waals surface area contributed by atoms with E-state index in [1.807, 2.05) is 0 Å². The van der Waals surface area contributed by atoms with Gasteiger partial charge in [0.15, 0.2) is 0 Å². The van der Waals surface area contributed by atoms with Crippen molar-refractivity contribution in [2.45, 2.75) is 60.3 Å². The molecule has 0 fully saturated rings. The van der Waals surface area contributed by atoms with E-state index in [0.29, 0.717) is 5.92 Å². The molecule has 0 aliphatic heterocycles. The Morgan fingerprint density at radius 1 is 0.800 bits per heavy atom. The van der Waals surface area contributed by atoms with Gasteiger partial charge >= 0.3 is 0 Å². The van der Waals surface area contributed by atoms with E-state index in [4.69, 9.17) is 0 Å². The summed E-state index contributed by atoms with van der Waals surface area (Å²) in [5.41, 5.74) is 6.11. The summed E-state index contributed by atoms with van der Waals surface area (Å²) in [4.78, 5) is 0. The van der Waals surface area contributed by atoms with Crippen LogP contribution in [-0.4, -0.2) is 0 Å². The van der Waals surface area contributed by atoms with Crippen LogP contribution in [0.2, 0.25) is 0 Å². The van der Waals surface area contributed by atoms with Gasteiger partial charge in [0.05, 0.1) is 0 Å². The fraction of sp³-hybridized carbons (Fsp3) is 0.556. The van der Waals surface area contributed by atoms with Gasteiger partial charge in [-0.3, -0.25) is 0 Å². The zero-order valence-electron chi connectivity index (χ0n) is 13.5. The molecule has 0 bridgehead atoms. The van der Waals surface area contributed by atoms with Gasteiger partial charge in [0, 0.05) is 19.5 Å². The van der Waals surface area contributed by atoms with Crippen molar-refractivity contribution in [3.8, 4) is 0 Å². The Morgan fingerprint density at radius 2 is 1.15 bits per heavy atom. The van der Waals surface area contributed by atoms with Crippen molar-refractivity contribution >= 4 is 12.4 Å². The second kappa shape index (κ2) is 11.5. The molecule has 0 atom stereocenters. The maximum absolute atomic E-state index is 2.28. The average molecular weight is 382 g/mol. The molecule has 116 valence electrons. The number of hydrogen-bond acceptors (Lipinski definition) is 0. The van der Waals surface area contributed by atoms with E-state index in [1.54, 1.807) is 11.1 Å². The summed E-state index contributed by atoms with van der Waals surface area (Å²) in [5, 5.41) is 0.